The van der Waals surface area contributed by atoms with Crippen LogP contribution in [0.5, 0.6) is 11.5 Å². The lowest BCUT2D eigenvalue weighted by Gasteiger charge is -2.26. The zero-order valence-electron chi connectivity index (χ0n) is 21.6. The molecule has 2 N–H and O–H groups in total. The Morgan fingerprint density at radius 1 is 0.528 bits per heavy atom. The van der Waals surface area contributed by atoms with E-state index in [1.807, 2.05) is 24.6 Å². The second-order valence-corrected chi connectivity index (χ2v) is 11.2. The lowest BCUT2D eigenvalue weighted by atomic mass is 9.83. The van der Waals surface area contributed by atoms with Crippen LogP contribution in [0.25, 0.3) is 0 Å². The Labute approximate surface area is 216 Å². The van der Waals surface area contributed by atoms with Gasteiger partial charge in [0.25, 0.3) is 0 Å². The lowest BCUT2D eigenvalue weighted by molar-refractivity contribution is 0.389. The first-order valence-electron chi connectivity index (χ1n) is 14.4. The van der Waals surface area contributed by atoms with Crippen LogP contribution < -0.4 is 0 Å². The smallest absolute Gasteiger partial charge is 0.127 e. The van der Waals surface area contributed by atoms with Crippen LogP contribution in [0.1, 0.15) is 124 Å². The highest BCUT2D eigenvalue weighted by Crippen LogP contribution is 2.39. The summed E-state index contributed by atoms with van der Waals surface area (Å²) >= 11 is 0. The van der Waals surface area contributed by atoms with Crippen LogP contribution in [0.2, 0.25) is 0 Å². The predicted octanol–water partition coefficient (Wildman–Crippen LogP) is 8.04. The Kier molecular flexibility index (Phi) is 8.40. The molecule has 0 aromatic heterocycles. The third kappa shape index (κ3) is 5.85. The third-order valence-electron chi connectivity index (χ3n) is 8.79. The zero-order chi connectivity index (χ0) is 24.7. The van der Waals surface area contributed by atoms with Crippen molar-refractivity contribution in [3.8, 4) is 11.5 Å². The Morgan fingerprint density at radius 3 is 1.33 bits per heavy atom. The molecule has 0 unspecified atom stereocenters. The van der Waals surface area contributed by atoms with Gasteiger partial charge in [0.05, 0.1) is 12.1 Å². The average molecular weight is 487 g/mol. The molecule has 3 fully saturated rings. The maximum atomic E-state index is 11.0. The summed E-state index contributed by atoms with van der Waals surface area (Å²) in [6, 6.07) is 12.5. The van der Waals surface area contributed by atoms with Crippen molar-refractivity contribution in [3.63, 3.8) is 0 Å². The molecule has 2 atom stereocenters. The molecule has 3 aliphatic carbocycles. The normalized spacial score (nSPS) is 24.6. The van der Waals surface area contributed by atoms with Crippen LogP contribution >= 0.6 is 0 Å². The number of hydrogen-bond donors (Lipinski definition) is 2. The van der Waals surface area contributed by atoms with E-state index in [0.29, 0.717) is 23.3 Å². The highest BCUT2D eigenvalue weighted by Gasteiger charge is 2.25. The molecule has 2 aromatic rings. The number of hydrogen-bond acceptors (Lipinski definition) is 4. The second-order valence-electron chi connectivity index (χ2n) is 11.2. The number of benzene rings is 2. The van der Waals surface area contributed by atoms with Crippen LogP contribution in [0.3, 0.4) is 0 Å². The van der Waals surface area contributed by atoms with Gasteiger partial charge >= 0.3 is 0 Å². The van der Waals surface area contributed by atoms with Gasteiger partial charge < -0.3 is 10.2 Å². The van der Waals surface area contributed by atoms with Gasteiger partial charge in [-0.05, 0) is 73.6 Å². The Balaban J connectivity index is 1.30. The van der Waals surface area contributed by atoms with Crippen LogP contribution in [-0.2, 0) is 0 Å². The Morgan fingerprint density at radius 2 is 0.917 bits per heavy atom. The predicted molar refractivity (Wildman–Crippen MR) is 149 cm³/mol. The molecule has 0 saturated heterocycles. The van der Waals surface area contributed by atoms with Crippen LogP contribution in [0.4, 0.5) is 0 Å². The van der Waals surface area contributed by atoms with Crippen LogP contribution in [0.15, 0.2) is 46.4 Å². The number of aromatic hydroxyl groups is 2. The fourth-order valence-electron chi connectivity index (χ4n) is 6.65. The van der Waals surface area contributed by atoms with Crippen molar-refractivity contribution in [3.05, 3.63) is 58.7 Å². The van der Waals surface area contributed by atoms with Gasteiger partial charge in [-0.3, -0.25) is 9.98 Å². The molecule has 3 saturated carbocycles. The first-order valence-corrected chi connectivity index (χ1v) is 14.4. The van der Waals surface area contributed by atoms with E-state index in [0.717, 1.165) is 47.9 Å². The summed E-state index contributed by atoms with van der Waals surface area (Å²) in [7, 11) is 0. The van der Waals surface area contributed by atoms with Gasteiger partial charge in [0.1, 0.15) is 11.5 Å². The molecule has 4 nitrogen and oxygen atoms in total. The van der Waals surface area contributed by atoms with Crippen molar-refractivity contribution in [1.82, 2.24) is 0 Å². The number of phenolic OH excluding ortho intramolecular Hbond substituents is 2. The molecule has 4 heteroatoms. The molecule has 0 aliphatic heterocycles. The second kappa shape index (κ2) is 12.1. The summed E-state index contributed by atoms with van der Waals surface area (Å²) in [5.74, 6) is 1.76. The molecule has 0 radical (unpaired) electrons. The van der Waals surface area contributed by atoms with E-state index in [9.17, 15) is 10.2 Å². The van der Waals surface area contributed by atoms with Gasteiger partial charge in [-0.15, -0.1) is 0 Å². The van der Waals surface area contributed by atoms with E-state index >= 15 is 0 Å². The zero-order valence-corrected chi connectivity index (χ0v) is 21.6. The topological polar surface area (TPSA) is 65.2 Å². The average Bonchev–Trinajstić information content (AvgIpc) is 2.93. The molecule has 0 heterocycles. The fraction of sp³-hybridized carbons (Fsp3) is 0.562. The number of aliphatic imine (C=N–C) groups is 2. The largest absolute Gasteiger partial charge is 0.507 e. The quantitative estimate of drug-likeness (QED) is 0.406. The first-order chi connectivity index (χ1) is 17.7. The van der Waals surface area contributed by atoms with Crippen molar-refractivity contribution in [2.45, 2.75) is 114 Å². The van der Waals surface area contributed by atoms with Gasteiger partial charge in [0.15, 0.2) is 0 Å². The van der Waals surface area contributed by atoms with Gasteiger partial charge in [0, 0.05) is 23.6 Å². The summed E-state index contributed by atoms with van der Waals surface area (Å²) in [4.78, 5) is 9.89. The van der Waals surface area contributed by atoms with Crippen molar-refractivity contribution in [2.75, 3.05) is 0 Å². The van der Waals surface area contributed by atoms with Gasteiger partial charge in [-0.25, -0.2) is 0 Å². The van der Waals surface area contributed by atoms with E-state index in [1.165, 1.54) is 64.2 Å². The molecule has 5 rings (SSSR count). The van der Waals surface area contributed by atoms with Crippen molar-refractivity contribution >= 4 is 12.4 Å². The molecule has 192 valence electrons. The van der Waals surface area contributed by atoms with Crippen molar-refractivity contribution in [2.24, 2.45) is 9.98 Å². The monoisotopic (exact) mass is 486 g/mol. The maximum Gasteiger partial charge on any atom is 0.127 e. The number of phenols is 2. The van der Waals surface area contributed by atoms with E-state index in [4.69, 9.17) is 9.98 Å². The minimum absolute atomic E-state index is 0.108. The molecule has 2 aromatic carbocycles. The SMILES string of the molecule is Oc1c(C=N[C@H]2CCCC[C@@H]2N=Cc2cccc(C3CCCCC3)c2O)cccc1C1CCCCC1. The van der Waals surface area contributed by atoms with Crippen molar-refractivity contribution in [1.29, 1.82) is 0 Å². The molecular weight excluding hydrogens is 444 g/mol. The van der Waals surface area contributed by atoms with E-state index in [1.54, 1.807) is 0 Å². The third-order valence-corrected chi connectivity index (χ3v) is 8.79. The maximum absolute atomic E-state index is 11.0. The molecule has 3 aliphatic rings. The number of para-hydroxylation sites is 2. The van der Waals surface area contributed by atoms with E-state index in [2.05, 4.69) is 24.3 Å². The van der Waals surface area contributed by atoms with Gasteiger partial charge in [-0.1, -0.05) is 75.6 Å². The molecule has 0 spiro atoms. The number of rotatable bonds is 6. The summed E-state index contributed by atoms with van der Waals surface area (Å²) in [5.41, 5.74) is 3.82. The minimum Gasteiger partial charge on any atom is -0.507 e. The molecule has 36 heavy (non-hydrogen) atoms. The van der Waals surface area contributed by atoms with Crippen LogP contribution in [0, 0.1) is 0 Å². The summed E-state index contributed by atoms with van der Waals surface area (Å²) in [5, 5.41) is 22.0. The van der Waals surface area contributed by atoms with Gasteiger partial charge in [0.2, 0.25) is 0 Å². The fourth-order valence-corrected chi connectivity index (χ4v) is 6.65. The summed E-state index contributed by atoms with van der Waals surface area (Å²) < 4.78 is 0. The Hall–Kier alpha value is -2.62. The minimum atomic E-state index is 0.108. The molecule has 0 bridgehead atoms. The van der Waals surface area contributed by atoms with Gasteiger partial charge in [-0.2, -0.15) is 0 Å². The summed E-state index contributed by atoms with van der Waals surface area (Å²) in [6.45, 7) is 0. The molecule has 0 amide bonds. The highest BCUT2D eigenvalue weighted by molar-refractivity contribution is 5.85. The van der Waals surface area contributed by atoms with E-state index < -0.39 is 0 Å². The lowest BCUT2D eigenvalue weighted by Crippen LogP contribution is -2.27. The highest BCUT2D eigenvalue weighted by atomic mass is 16.3. The summed E-state index contributed by atoms with van der Waals surface area (Å²) in [6.07, 6.45) is 20.4. The van der Waals surface area contributed by atoms with E-state index in [-0.39, 0.29) is 12.1 Å². The van der Waals surface area contributed by atoms with Crippen molar-refractivity contribution < 1.29 is 10.2 Å². The number of nitrogens with zero attached hydrogens (tertiary/aromatic N) is 2. The molecular formula is C32H42N2O2. The first kappa shape index (κ1) is 25.0. The Bertz CT molecular complexity index is 978. The van der Waals surface area contributed by atoms with Crippen LogP contribution in [-0.4, -0.2) is 34.7 Å². The standard InChI is InChI=1S/C32H42N2O2/c35-31-25(15-9-17-27(31)23-11-3-1-4-12-23)21-33-29-19-7-8-20-30(29)34-22-26-16-10-18-28(32(26)36)24-13-5-2-6-14-24/h9-10,15-18,21-24,29-30,35-36H,1-8,11-14,19-20H2/t29-,30-/m0/s1.